The Kier molecular flexibility index (Phi) is 1.40. The van der Waals surface area contributed by atoms with Crippen molar-refractivity contribution in [2.24, 2.45) is 0 Å². The van der Waals surface area contributed by atoms with Crippen molar-refractivity contribution in [1.29, 1.82) is 0 Å². The number of fused-ring (bicyclic) bond motifs is 1. The highest BCUT2D eigenvalue weighted by Gasteiger charge is 1.99. The highest BCUT2D eigenvalue weighted by atomic mass is 19.1. The second-order valence-electron chi connectivity index (χ2n) is 2.46. The molecule has 0 spiro atoms. The standard InChI is InChI=1S/C8H6FN3/c9-5-1-2-8-6(3-5)7(10)4-11-12-8/h1-4H,(H2,10,12). The monoisotopic (exact) mass is 163 g/mol. The molecule has 1 aromatic carbocycles. The molecule has 4 heteroatoms. The highest BCUT2D eigenvalue weighted by Crippen LogP contribution is 2.17. The number of anilines is 1. The molecule has 0 saturated heterocycles. The van der Waals surface area contributed by atoms with Crippen LogP contribution in [0.2, 0.25) is 0 Å². The van der Waals surface area contributed by atoms with Gasteiger partial charge in [-0.3, -0.25) is 0 Å². The van der Waals surface area contributed by atoms with E-state index in [9.17, 15) is 4.39 Å². The Morgan fingerprint density at radius 3 is 3.00 bits per heavy atom. The summed E-state index contributed by atoms with van der Waals surface area (Å²) in [6.45, 7) is 0. The van der Waals surface area contributed by atoms with E-state index < -0.39 is 0 Å². The molecule has 0 aliphatic carbocycles. The minimum atomic E-state index is -0.317. The third-order valence-electron chi connectivity index (χ3n) is 1.63. The van der Waals surface area contributed by atoms with Crippen molar-refractivity contribution in [2.45, 2.75) is 0 Å². The minimum absolute atomic E-state index is 0.317. The quantitative estimate of drug-likeness (QED) is 0.637. The lowest BCUT2D eigenvalue weighted by Gasteiger charge is -1.98. The second kappa shape index (κ2) is 2.41. The van der Waals surface area contributed by atoms with Crippen LogP contribution < -0.4 is 5.73 Å². The van der Waals surface area contributed by atoms with Crippen LogP contribution in [0.4, 0.5) is 10.1 Å². The largest absolute Gasteiger partial charge is 0.397 e. The van der Waals surface area contributed by atoms with Gasteiger partial charge in [-0.2, -0.15) is 10.2 Å². The molecule has 0 saturated carbocycles. The summed E-state index contributed by atoms with van der Waals surface area (Å²) in [5.41, 5.74) is 6.61. The van der Waals surface area contributed by atoms with Crippen LogP contribution in [0.1, 0.15) is 0 Å². The van der Waals surface area contributed by atoms with Crippen molar-refractivity contribution in [2.75, 3.05) is 5.73 Å². The molecule has 2 N–H and O–H groups in total. The third kappa shape index (κ3) is 0.972. The molecule has 60 valence electrons. The fraction of sp³-hybridized carbons (Fsp3) is 0. The van der Waals surface area contributed by atoms with Crippen molar-refractivity contribution in [3.05, 3.63) is 30.2 Å². The number of nitrogens with two attached hydrogens (primary N) is 1. The molecule has 0 aliphatic rings. The number of nitrogen functional groups attached to an aromatic ring is 1. The van der Waals surface area contributed by atoms with Crippen molar-refractivity contribution in [1.82, 2.24) is 10.2 Å². The first kappa shape index (κ1) is 6.97. The summed E-state index contributed by atoms with van der Waals surface area (Å²) >= 11 is 0. The van der Waals surface area contributed by atoms with E-state index in [1.807, 2.05) is 0 Å². The third-order valence-corrected chi connectivity index (χ3v) is 1.63. The fourth-order valence-electron chi connectivity index (χ4n) is 1.05. The maximum absolute atomic E-state index is 12.7. The van der Waals surface area contributed by atoms with E-state index in [-0.39, 0.29) is 5.82 Å². The van der Waals surface area contributed by atoms with Crippen molar-refractivity contribution >= 4 is 16.6 Å². The molecule has 1 heterocycles. The van der Waals surface area contributed by atoms with Crippen LogP contribution >= 0.6 is 0 Å². The summed E-state index contributed by atoms with van der Waals surface area (Å²) in [6.07, 6.45) is 1.40. The summed E-state index contributed by atoms with van der Waals surface area (Å²) in [7, 11) is 0. The van der Waals surface area contributed by atoms with E-state index in [0.29, 0.717) is 16.6 Å². The number of aromatic nitrogens is 2. The van der Waals surface area contributed by atoms with Gasteiger partial charge in [-0.05, 0) is 18.2 Å². The molecule has 0 amide bonds. The SMILES string of the molecule is Nc1cnnc2ccc(F)cc12. The van der Waals surface area contributed by atoms with Crippen molar-refractivity contribution in [3.8, 4) is 0 Å². The van der Waals surface area contributed by atoms with Gasteiger partial charge in [0, 0.05) is 5.39 Å². The summed E-state index contributed by atoms with van der Waals surface area (Å²) in [4.78, 5) is 0. The molecule has 2 rings (SSSR count). The summed E-state index contributed by atoms with van der Waals surface area (Å²) in [5, 5.41) is 8.03. The first-order valence-electron chi connectivity index (χ1n) is 3.44. The lowest BCUT2D eigenvalue weighted by atomic mass is 10.2. The average Bonchev–Trinajstić information content (AvgIpc) is 2.07. The lowest BCUT2D eigenvalue weighted by molar-refractivity contribution is 0.629. The molecule has 12 heavy (non-hydrogen) atoms. The van der Waals surface area contributed by atoms with Gasteiger partial charge in [0.2, 0.25) is 0 Å². The maximum Gasteiger partial charge on any atom is 0.124 e. The van der Waals surface area contributed by atoms with Gasteiger partial charge in [0.05, 0.1) is 17.4 Å². The van der Waals surface area contributed by atoms with Crippen LogP contribution in [-0.4, -0.2) is 10.2 Å². The number of hydrogen-bond donors (Lipinski definition) is 1. The van der Waals surface area contributed by atoms with E-state index in [0.717, 1.165) is 0 Å². The average molecular weight is 163 g/mol. The van der Waals surface area contributed by atoms with Crippen LogP contribution in [0.15, 0.2) is 24.4 Å². The predicted molar refractivity (Wildman–Crippen MR) is 43.9 cm³/mol. The Hall–Kier alpha value is -1.71. The van der Waals surface area contributed by atoms with Gasteiger partial charge in [-0.25, -0.2) is 4.39 Å². The zero-order chi connectivity index (χ0) is 8.55. The van der Waals surface area contributed by atoms with Crippen LogP contribution in [-0.2, 0) is 0 Å². The molecule has 0 fully saturated rings. The molecule has 3 nitrogen and oxygen atoms in total. The van der Waals surface area contributed by atoms with Gasteiger partial charge in [0.15, 0.2) is 0 Å². The highest BCUT2D eigenvalue weighted by molar-refractivity contribution is 5.88. The Morgan fingerprint density at radius 1 is 1.33 bits per heavy atom. The Bertz CT molecular complexity index is 428. The van der Waals surface area contributed by atoms with E-state index in [1.54, 1.807) is 6.07 Å². The van der Waals surface area contributed by atoms with Gasteiger partial charge >= 0.3 is 0 Å². The lowest BCUT2D eigenvalue weighted by Crippen LogP contribution is -1.91. The summed E-state index contributed by atoms with van der Waals surface area (Å²) in [5.74, 6) is -0.317. The zero-order valence-electron chi connectivity index (χ0n) is 6.16. The van der Waals surface area contributed by atoms with E-state index in [4.69, 9.17) is 5.73 Å². The van der Waals surface area contributed by atoms with Crippen LogP contribution in [0, 0.1) is 5.82 Å². The number of rotatable bonds is 0. The molecule has 0 radical (unpaired) electrons. The number of hydrogen-bond acceptors (Lipinski definition) is 3. The van der Waals surface area contributed by atoms with Gasteiger partial charge in [0.1, 0.15) is 5.82 Å². The maximum atomic E-state index is 12.7. The van der Waals surface area contributed by atoms with Gasteiger partial charge in [0.25, 0.3) is 0 Å². The first-order chi connectivity index (χ1) is 5.77. The predicted octanol–water partition coefficient (Wildman–Crippen LogP) is 1.35. The number of benzene rings is 1. The Morgan fingerprint density at radius 2 is 2.17 bits per heavy atom. The summed E-state index contributed by atoms with van der Waals surface area (Å²) in [6, 6.07) is 4.23. The van der Waals surface area contributed by atoms with E-state index >= 15 is 0 Å². The van der Waals surface area contributed by atoms with Gasteiger partial charge in [-0.1, -0.05) is 0 Å². The molecule has 0 atom stereocenters. The minimum Gasteiger partial charge on any atom is -0.397 e. The van der Waals surface area contributed by atoms with Gasteiger partial charge in [-0.15, -0.1) is 0 Å². The Labute approximate surface area is 68.0 Å². The number of halogens is 1. The topological polar surface area (TPSA) is 51.8 Å². The molecule has 0 unspecified atom stereocenters. The molecule has 2 aromatic rings. The Balaban J connectivity index is 2.88. The summed E-state index contributed by atoms with van der Waals surface area (Å²) < 4.78 is 12.7. The molecule has 0 aliphatic heterocycles. The van der Waals surface area contributed by atoms with Crippen LogP contribution in [0.5, 0.6) is 0 Å². The fourth-order valence-corrected chi connectivity index (χ4v) is 1.05. The first-order valence-corrected chi connectivity index (χ1v) is 3.44. The molecular weight excluding hydrogens is 157 g/mol. The zero-order valence-corrected chi connectivity index (χ0v) is 6.16. The molecule has 1 aromatic heterocycles. The van der Waals surface area contributed by atoms with Crippen LogP contribution in [0.25, 0.3) is 10.9 Å². The smallest absolute Gasteiger partial charge is 0.124 e. The van der Waals surface area contributed by atoms with Crippen molar-refractivity contribution in [3.63, 3.8) is 0 Å². The van der Waals surface area contributed by atoms with Gasteiger partial charge < -0.3 is 5.73 Å². The molecule has 0 bridgehead atoms. The van der Waals surface area contributed by atoms with E-state index in [2.05, 4.69) is 10.2 Å². The molecular formula is C8H6FN3. The van der Waals surface area contributed by atoms with E-state index in [1.165, 1.54) is 18.3 Å². The number of nitrogens with zero attached hydrogens (tertiary/aromatic N) is 2. The van der Waals surface area contributed by atoms with Crippen molar-refractivity contribution < 1.29 is 4.39 Å². The normalized spacial score (nSPS) is 10.4. The second-order valence-corrected chi connectivity index (χ2v) is 2.46. The van der Waals surface area contributed by atoms with Crippen LogP contribution in [0.3, 0.4) is 0 Å².